The molecule has 5 aromatic rings. The van der Waals surface area contributed by atoms with Gasteiger partial charge < -0.3 is 9.97 Å². The number of benzene rings is 1. The smallest absolute Gasteiger partial charge is 0.149 e. The fourth-order valence-electron chi connectivity index (χ4n) is 3.13. The summed E-state index contributed by atoms with van der Waals surface area (Å²) >= 11 is 8.14. The van der Waals surface area contributed by atoms with Gasteiger partial charge in [0.15, 0.2) is 0 Å². The molecule has 7 heteroatoms. The highest BCUT2D eigenvalue weighted by atomic mass is 35.5. The van der Waals surface area contributed by atoms with Crippen LogP contribution in [0.2, 0.25) is 5.02 Å². The molecular formula is C20H14ClN5S. The number of H-pyrrole nitrogens is 2. The van der Waals surface area contributed by atoms with Crippen LogP contribution in [0.3, 0.4) is 0 Å². The van der Waals surface area contributed by atoms with Crippen molar-refractivity contribution >= 4 is 34.0 Å². The summed E-state index contributed by atoms with van der Waals surface area (Å²) in [6.45, 7) is 2.02. The predicted molar refractivity (Wildman–Crippen MR) is 110 cm³/mol. The van der Waals surface area contributed by atoms with Gasteiger partial charge in [0.05, 0.1) is 15.6 Å². The van der Waals surface area contributed by atoms with Gasteiger partial charge in [-0.1, -0.05) is 23.7 Å². The summed E-state index contributed by atoms with van der Waals surface area (Å²) < 4.78 is 0. The monoisotopic (exact) mass is 391 g/mol. The van der Waals surface area contributed by atoms with Crippen LogP contribution in [0.4, 0.5) is 0 Å². The van der Waals surface area contributed by atoms with Gasteiger partial charge in [-0.05, 0) is 30.7 Å². The van der Waals surface area contributed by atoms with Crippen molar-refractivity contribution in [2.24, 2.45) is 0 Å². The van der Waals surface area contributed by atoms with Crippen molar-refractivity contribution in [3.05, 3.63) is 65.7 Å². The van der Waals surface area contributed by atoms with Gasteiger partial charge in [-0.3, -0.25) is 0 Å². The number of aryl methyl sites for hydroxylation is 1. The first kappa shape index (κ1) is 16.2. The van der Waals surface area contributed by atoms with E-state index in [0.29, 0.717) is 5.02 Å². The average Bonchev–Trinajstić information content (AvgIpc) is 3.40. The molecule has 0 saturated carbocycles. The minimum atomic E-state index is 0.682. The molecule has 27 heavy (non-hydrogen) atoms. The number of hydrogen-bond acceptors (Lipinski definition) is 4. The van der Waals surface area contributed by atoms with Gasteiger partial charge in [0.25, 0.3) is 0 Å². The van der Waals surface area contributed by atoms with Crippen LogP contribution >= 0.6 is 22.9 Å². The number of aromatic nitrogens is 5. The largest absolute Gasteiger partial charge is 0.346 e. The van der Waals surface area contributed by atoms with Gasteiger partial charge in [0.2, 0.25) is 0 Å². The number of imidazole rings is 1. The fourth-order valence-corrected chi connectivity index (χ4v) is 4.53. The number of aromatic amines is 2. The summed E-state index contributed by atoms with van der Waals surface area (Å²) in [4.78, 5) is 21.1. The molecule has 0 radical (unpaired) electrons. The van der Waals surface area contributed by atoms with Crippen LogP contribution < -0.4 is 0 Å². The second-order valence-corrected chi connectivity index (χ2v) is 7.62. The van der Waals surface area contributed by atoms with E-state index in [-0.39, 0.29) is 0 Å². The lowest BCUT2D eigenvalue weighted by Crippen LogP contribution is -1.87. The van der Waals surface area contributed by atoms with Gasteiger partial charge in [-0.2, -0.15) is 0 Å². The molecule has 0 fully saturated rings. The summed E-state index contributed by atoms with van der Waals surface area (Å²) in [5.41, 5.74) is 4.72. The Bertz CT molecular complexity index is 1250. The molecular weight excluding hydrogens is 378 g/mol. The molecule has 2 N–H and O–H groups in total. The maximum atomic E-state index is 6.55. The highest BCUT2D eigenvalue weighted by molar-refractivity contribution is 7.19. The first-order valence-electron chi connectivity index (χ1n) is 8.40. The molecule has 0 bridgehead atoms. The van der Waals surface area contributed by atoms with Crippen molar-refractivity contribution in [1.29, 1.82) is 0 Å². The van der Waals surface area contributed by atoms with Crippen LogP contribution in [0.1, 0.15) is 5.56 Å². The van der Waals surface area contributed by atoms with Gasteiger partial charge in [-0.15, -0.1) is 11.3 Å². The molecule has 4 heterocycles. The SMILES string of the molecule is Cc1ccc(-c2nc(-c3ccnc4[nH]ccc34)sc2-c2ncc[nH]2)c(Cl)c1. The van der Waals surface area contributed by atoms with Crippen LogP contribution in [-0.4, -0.2) is 24.9 Å². The maximum absolute atomic E-state index is 6.55. The number of nitrogens with one attached hydrogen (secondary N) is 2. The number of pyridine rings is 1. The van der Waals surface area contributed by atoms with E-state index in [4.69, 9.17) is 16.6 Å². The van der Waals surface area contributed by atoms with Crippen molar-refractivity contribution in [3.63, 3.8) is 0 Å². The lowest BCUT2D eigenvalue weighted by Gasteiger charge is -2.04. The number of hydrogen-bond donors (Lipinski definition) is 2. The summed E-state index contributed by atoms with van der Waals surface area (Å²) in [7, 11) is 0. The molecule has 1 aromatic carbocycles. The molecule has 0 aliphatic rings. The molecule has 5 rings (SSSR count). The Hall–Kier alpha value is -2.96. The van der Waals surface area contributed by atoms with Crippen LogP contribution in [0.25, 0.3) is 43.6 Å². The summed E-state index contributed by atoms with van der Waals surface area (Å²) in [5, 5.41) is 2.63. The van der Waals surface area contributed by atoms with Gasteiger partial charge in [0, 0.05) is 41.3 Å². The van der Waals surface area contributed by atoms with E-state index in [1.165, 1.54) is 0 Å². The Balaban J connectivity index is 1.77. The summed E-state index contributed by atoms with van der Waals surface area (Å²) in [5.74, 6) is 0.782. The van der Waals surface area contributed by atoms with Crippen LogP contribution in [0.15, 0.2) is 55.1 Å². The molecule has 0 aliphatic heterocycles. The minimum Gasteiger partial charge on any atom is -0.346 e. The Morgan fingerprint density at radius 3 is 2.70 bits per heavy atom. The van der Waals surface area contributed by atoms with Crippen molar-refractivity contribution in [1.82, 2.24) is 24.9 Å². The predicted octanol–water partition coefficient (Wildman–Crippen LogP) is 5.71. The zero-order valence-electron chi connectivity index (χ0n) is 14.3. The second kappa shape index (κ2) is 6.33. The van der Waals surface area contributed by atoms with Crippen molar-refractivity contribution in [3.8, 4) is 32.5 Å². The summed E-state index contributed by atoms with van der Waals surface area (Å²) in [6.07, 6.45) is 7.23. The number of thiazole rings is 1. The standard InChI is InChI=1S/C20H14ClN5S/c1-11-2-3-14(15(21)10-11)16-17(19-24-8-9-25-19)27-20(26-16)13-5-7-23-18-12(13)4-6-22-18/h2-10H,1H3,(H,22,23)(H,24,25). The zero-order valence-corrected chi connectivity index (χ0v) is 15.9. The van der Waals surface area contributed by atoms with Crippen molar-refractivity contribution in [2.75, 3.05) is 0 Å². The normalized spacial score (nSPS) is 11.3. The molecule has 0 aliphatic carbocycles. The van der Waals surface area contributed by atoms with E-state index < -0.39 is 0 Å². The van der Waals surface area contributed by atoms with Crippen LogP contribution in [0, 0.1) is 6.92 Å². The molecule has 132 valence electrons. The summed E-state index contributed by atoms with van der Waals surface area (Å²) in [6, 6.07) is 10.0. The van der Waals surface area contributed by atoms with Crippen molar-refractivity contribution < 1.29 is 0 Å². The third kappa shape index (κ3) is 2.74. The van der Waals surface area contributed by atoms with Crippen molar-refractivity contribution in [2.45, 2.75) is 6.92 Å². The first-order valence-corrected chi connectivity index (χ1v) is 9.60. The fraction of sp³-hybridized carbons (Fsp3) is 0.0500. The lowest BCUT2D eigenvalue weighted by molar-refractivity contribution is 1.31. The van der Waals surface area contributed by atoms with E-state index in [1.54, 1.807) is 23.7 Å². The zero-order chi connectivity index (χ0) is 18.4. The number of fused-ring (bicyclic) bond motifs is 1. The van der Waals surface area contributed by atoms with E-state index in [9.17, 15) is 0 Å². The molecule has 0 unspecified atom stereocenters. The highest BCUT2D eigenvalue weighted by Gasteiger charge is 2.20. The molecule has 5 nitrogen and oxygen atoms in total. The maximum Gasteiger partial charge on any atom is 0.149 e. The highest BCUT2D eigenvalue weighted by Crippen LogP contribution is 2.42. The Kier molecular flexibility index (Phi) is 3.81. The Morgan fingerprint density at radius 2 is 1.89 bits per heavy atom. The minimum absolute atomic E-state index is 0.682. The molecule has 0 amide bonds. The van der Waals surface area contributed by atoms with E-state index in [1.807, 2.05) is 49.6 Å². The third-order valence-electron chi connectivity index (χ3n) is 4.41. The van der Waals surface area contributed by atoms with Gasteiger partial charge in [0.1, 0.15) is 16.5 Å². The quantitative estimate of drug-likeness (QED) is 0.414. The number of halogens is 1. The van der Waals surface area contributed by atoms with Gasteiger partial charge >= 0.3 is 0 Å². The second-order valence-electron chi connectivity index (χ2n) is 6.22. The Morgan fingerprint density at radius 1 is 0.963 bits per heavy atom. The topological polar surface area (TPSA) is 70.2 Å². The first-order chi connectivity index (χ1) is 13.2. The van der Waals surface area contributed by atoms with Crippen LogP contribution in [0.5, 0.6) is 0 Å². The molecule has 0 atom stereocenters. The van der Waals surface area contributed by atoms with E-state index >= 15 is 0 Å². The average molecular weight is 392 g/mol. The molecule has 0 spiro atoms. The Labute approximate surface area is 164 Å². The van der Waals surface area contributed by atoms with Gasteiger partial charge in [-0.25, -0.2) is 15.0 Å². The third-order valence-corrected chi connectivity index (χ3v) is 5.82. The lowest BCUT2D eigenvalue weighted by atomic mass is 10.1. The number of nitrogens with zero attached hydrogens (tertiary/aromatic N) is 3. The van der Waals surface area contributed by atoms with E-state index in [0.717, 1.165) is 49.1 Å². The van der Waals surface area contributed by atoms with Crippen LogP contribution in [-0.2, 0) is 0 Å². The van der Waals surface area contributed by atoms with E-state index in [2.05, 4.69) is 19.9 Å². The molecule has 4 aromatic heterocycles. The number of rotatable bonds is 3. The molecule has 0 saturated heterocycles.